The Balaban J connectivity index is 1.45. The number of carbonyl (C=O) groups excluding carboxylic acids is 1. The van der Waals surface area contributed by atoms with Crippen molar-refractivity contribution in [3.63, 3.8) is 0 Å². The van der Waals surface area contributed by atoms with Crippen molar-refractivity contribution in [1.29, 1.82) is 0 Å². The van der Waals surface area contributed by atoms with Gasteiger partial charge in [0.2, 0.25) is 17.8 Å². The van der Waals surface area contributed by atoms with E-state index in [0.717, 1.165) is 16.7 Å². The van der Waals surface area contributed by atoms with E-state index < -0.39 is 18.0 Å². The molecule has 11 heteroatoms. The molecule has 0 bridgehead atoms. The van der Waals surface area contributed by atoms with Gasteiger partial charge in [-0.1, -0.05) is 91.0 Å². The number of ether oxygens (including phenoxy) is 1. The number of carboxylic acids is 1. The number of rotatable bonds is 11. The highest BCUT2D eigenvalue weighted by Crippen LogP contribution is 2.30. The van der Waals surface area contributed by atoms with Gasteiger partial charge in [-0.25, -0.2) is 9.59 Å². The minimum Gasteiger partial charge on any atom is -0.495 e. The van der Waals surface area contributed by atoms with Crippen LogP contribution in [0.1, 0.15) is 5.56 Å². The van der Waals surface area contributed by atoms with Gasteiger partial charge in [-0.05, 0) is 29.3 Å². The summed E-state index contributed by atoms with van der Waals surface area (Å²) in [5.41, 5.74) is 3.84. The third kappa shape index (κ3) is 7.61. The van der Waals surface area contributed by atoms with Crippen LogP contribution in [0.2, 0.25) is 0 Å². The maximum absolute atomic E-state index is 12.9. The monoisotopic (exact) mass is 575 g/mol. The highest BCUT2D eigenvalue weighted by atomic mass is 16.5. The van der Waals surface area contributed by atoms with E-state index in [0.29, 0.717) is 17.1 Å². The average molecular weight is 576 g/mol. The topological polar surface area (TPSA) is 150 Å². The van der Waals surface area contributed by atoms with E-state index in [1.165, 1.54) is 7.11 Å². The number of nitrogens with zero attached hydrogens (tertiary/aromatic N) is 3. The molecular weight excluding hydrogens is 546 g/mol. The van der Waals surface area contributed by atoms with Crippen LogP contribution in [0.25, 0.3) is 11.1 Å². The maximum Gasteiger partial charge on any atom is 0.326 e. The summed E-state index contributed by atoms with van der Waals surface area (Å²) < 4.78 is 5.30. The van der Waals surface area contributed by atoms with Crippen molar-refractivity contribution in [2.24, 2.45) is 0 Å². The lowest BCUT2D eigenvalue weighted by atomic mass is 10.0. The lowest BCUT2D eigenvalue weighted by molar-refractivity contribution is -0.137. The Bertz CT molecular complexity index is 1700. The molecule has 5 rings (SSSR count). The summed E-state index contributed by atoms with van der Waals surface area (Å²) in [7, 11) is 1.50. The second-order valence-corrected chi connectivity index (χ2v) is 9.35. The molecule has 0 saturated heterocycles. The minimum absolute atomic E-state index is 0.0365. The van der Waals surface area contributed by atoms with E-state index in [9.17, 15) is 14.7 Å². The molecule has 1 atom stereocenters. The normalized spacial score (nSPS) is 11.2. The molecule has 1 heterocycles. The summed E-state index contributed by atoms with van der Waals surface area (Å²) in [4.78, 5) is 38.2. The van der Waals surface area contributed by atoms with E-state index in [2.05, 4.69) is 36.2 Å². The largest absolute Gasteiger partial charge is 0.495 e. The number of amides is 2. The summed E-state index contributed by atoms with van der Waals surface area (Å²) in [5.74, 6) is -0.659. The van der Waals surface area contributed by atoms with Gasteiger partial charge in [0.15, 0.2) is 0 Å². The average Bonchev–Trinajstić information content (AvgIpc) is 3.02. The highest BCUT2D eigenvalue weighted by Gasteiger charge is 2.21. The van der Waals surface area contributed by atoms with Crippen LogP contribution in [0.3, 0.4) is 0 Å². The first-order valence-corrected chi connectivity index (χ1v) is 13.4. The van der Waals surface area contributed by atoms with Crippen LogP contribution in [0.15, 0.2) is 109 Å². The van der Waals surface area contributed by atoms with E-state index in [1.54, 1.807) is 24.3 Å². The van der Waals surface area contributed by atoms with E-state index >= 15 is 0 Å². The van der Waals surface area contributed by atoms with Crippen molar-refractivity contribution < 1.29 is 19.4 Å². The molecule has 0 aliphatic heterocycles. The predicted octanol–water partition coefficient (Wildman–Crippen LogP) is 6.04. The van der Waals surface area contributed by atoms with Gasteiger partial charge in [0.25, 0.3) is 0 Å². The first kappa shape index (κ1) is 28.6. The maximum atomic E-state index is 12.9. The molecule has 0 aliphatic carbocycles. The Labute approximate surface area is 248 Å². The molecule has 4 aromatic carbocycles. The van der Waals surface area contributed by atoms with E-state index in [4.69, 9.17) is 4.74 Å². The van der Waals surface area contributed by atoms with Crippen LogP contribution >= 0.6 is 0 Å². The van der Waals surface area contributed by atoms with Crippen LogP contribution in [0.4, 0.5) is 34.0 Å². The zero-order valence-corrected chi connectivity index (χ0v) is 23.2. The number of para-hydroxylation sites is 3. The number of carbonyl (C=O) groups is 2. The number of aliphatic carboxylic acids is 1. The molecule has 11 nitrogen and oxygen atoms in total. The summed E-state index contributed by atoms with van der Waals surface area (Å²) in [6.45, 7) is 0. The molecule has 43 heavy (non-hydrogen) atoms. The molecule has 1 aromatic heterocycles. The lowest BCUT2D eigenvalue weighted by Crippen LogP contribution is -2.32. The number of benzene rings is 4. The second-order valence-electron chi connectivity index (χ2n) is 9.35. The molecule has 0 saturated carbocycles. The zero-order valence-electron chi connectivity index (χ0n) is 23.2. The van der Waals surface area contributed by atoms with Crippen LogP contribution in [0, 0.1) is 0 Å². The third-order valence-electron chi connectivity index (χ3n) is 6.36. The van der Waals surface area contributed by atoms with Gasteiger partial charge in [-0.15, -0.1) is 0 Å². The van der Waals surface area contributed by atoms with Gasteiger partial charge >= 0.3 is 12.0 Å². The van der Waals surface area contributed by atoms with Crippen molar-refractivity contribution in [2.75, 3.05) is 28.4 Å². The molecular formula is C32H29N7O4. The number of hydrogen-bond donors (Lipinski definition) is 5. The summed E-state index contributed by atoms with van der Waals surface area (Å²) in [5, 5.41) is 21.4. The number of carboxylic acid groups (broad SMARTS) is 1. The van der Waals surface area contributed by atoms with Crippen LogP contribution in [-0.4, -0.2) is 45.2 Å². The molecule has 0 aliphatic rings. The van der Waals surface area contributed by atoms with Gasteiger partial charge in [0, 0.05) is 17.7 Å². The standard InChI is InChI=1S/C32H29N7O4/c1-43-27-19-11-10-18-25(27)35-32(42)39-31-37-29(33-24-17-9-8-16-23(24)22-14-6-3-7-15-22)36-30(38-31)34-26(28(40)41)20-21-12-4-2-5-13-21/h2-19,26H,20H2,1H3,(H,40,41)(H4,33,34,35,36,37,38,39,42)/t26-/m0/s1. The summed E-state index contributed by atoms with van der Waals surface area (Å²) in [6, 6.07) is 31.9. The van der Waals surface area contributed by atoms with Gasteiger partial charge in [-0.2, -0.15) is 15.0 Å². The van der Waals surface area contributed by atoms with Crippen molar-refractivity contribution >= 4 is 41.2 Å². The van der Waals surface area contributed by atoms with Gasteiger partial charge in [0.05, 0.1) is 12.8 Å². The zero-order chi connectivity index (χ0) is 30.0. The van der Waals surface area contributed by atoms with Crippen molar-refractivity contribution in [3.05, 3.63) is 115 Å². The Morgan fingerprint density at radius 1 is 0.721 bits per heavy atom. The minimum atomic E-state index is -1.09. The Morgan fingerprint density at radius 3 is 2.05 bits per heavy atom. The number of hydrogen-bond acceptors (Lipinski definition) is 8. The van der Waals surface area contributed by atoms with Gasteiger partial charge in [0.1, 0.15) is 11.8 Å². The number of methoxy groups -OCH3 is 1. The Kier molecular flexibility index (Phi) is 9.03. The predicted molar refractivity (Wildman–Crippen MR) is 166 cm³/mol. The number of nitrogens with one attached hydrogen (secondary N) is 4. The fourth-order valence-corrected chi connectivity index (χ4v) is 4.34. The van der Waals surface area contributed by atoms with Gasteiger partial charge < -0.3 is 25.8 Å². The molecule has 5 N–H and O–H groups in total. The van der Waals surface area contributed by atoms with Crippen LogP contribution < -0.4 is 26.0 Å². The van der Waals surface area contributed by atoms with Gasteiger partial charge in [-0.3, -0.25) is 5.32 Å². The molecule has 216 valence electrons. The second kappa shape index (κ2) is 13.6. The summed E-state index contributed by atoms with van der Waals surface area (Å²) in [6.07, 6.45) is 0.179. The van der Waals surface area contributed by atoms with Crippen molar-refractivity contribution in [1.82, 2.24) is 15.0 Å². The van der Waals surface area contributed by atoms with Crippen molar-refractivity contribution in [3.8, 4) is 16.9 Å². The first-order chi connectivity index (χ1) is 21.0. The number of urea groups is 1. The molecule has 2 amide bonds. The molecule has 5 aromatic rings. The van der Waals surface area contributed by atoms with Crippen LogP contribution in [-0.2, 0) is 11.2 Å². The highest BCUT2D eigenvalue weighted by molar-refractivity contribution is 5.99. The Morgan fingerprint density at radius 2 is 1.33 bits per heavy atom. The quantitative estimate of drug-likeness (QED) is 0.127. The molecule has 0 radical (unpaired) electrons. The summed E-state index contributed by atoms with van der Waals surface area (Å²) >= 11 is 0. The third-order valence-corrected chi connectivity index (χ3v) is 6.36. The fraction of sp³-hybridized carbons (Fsp3) is 0.0938. The SMILES string of the molecule is COc1ccccc1NC(=O)Nc1nc(Nc2ccccc2-c2ccccc2)nc(N[C@@H](Cc2ccccc2)C(=O)O)n1. The molecule has 0 fully saturated rings. The smallest absolute Gasteiger partial charge is 0.326 e. The number of aromatic nitrogens is 3. The van der Waals surface area contributed by atoms with E-state index in [1.807, 2.05) is 84.9 Å². The van der Waals surface area contributed by atoms with Crippen molar-refractivity contribution in [2.45, 2.75) is 12.5 Å². The Hall–Kier alpha value is -5.97. The van der Waals surface area contributed by atoms with E-state index in [-0.39, 0.29) is 24.3 Å². The molecule has 0 spiro atoms. The lowest BCUT2D eigenvalue weighted by Gasteiger charge is -2.17. The molecule has 0 unspecified atom stereocenters. The van der Waals surface area contributed by atoms with Crippen LogP contribution in [0.5, 0.6) is 5.75 Å². The first-order valence-electron chi connectivity index (χ1n) is 13.4. The number of anilines is 5. The fourth-order valence-electron chi connectivity index (χ4n) is 4.34.